The first-order valence-electron chi connectivity index (χ1n) is 12.6. The summed E-state index contributed by atoms with van der Waals surface area (Å²) in [5, 5.41) is 2.76. The lowest BCUT2D eigenvalue weighted by Crippen LogP contribution is -2.29. The second kappa shape index (κ2) is 11.3. The van der Waals surface area contributed by atoms with Crippen LogP contribution in [-0.2, 0) is 4.74 Å². The number of anilines is 2. The molecular weight excluding hydrogens is 588 g/mol. The van der Waals surface area contributed by atoms with E-state index in [1.807, 2.05) is 19.9 Å². The number of carbonyl (C=O) groups is 5. The number of halogens is 1. The van der Waals surface area contributed by atoms with Crippen LogP contribution in [0.3, 0.4) is 0 Å². The molecule has 0 aliphatic carbocycles. The highest BCUT2D eigenvalue weighted by molar-refractivity contribution is 9.10. The van der Waals surface area contributed by atoms with Gasteiger partial charge >= 0.3 is 5.97 Å². The predicted octanol–water partition coefficient (Wildman–Crippen LogP) is 6.16. The highest BCUT2D eigenvalue weighted by Crippen LogP contribution is 2.31. The Morgan fingerprint density at radius 1 is 0.756 bits per heavy atom. The normalized spacial score (nSPS) is 12.2. The third kappa shape index (κ3) is 5.71. The molecule has 5 rings (SSSR count). The van der Waals surface area contributed by atoms with E-state index >= 15 is 0 Å². The van der Waals surface area contributed by atoms with Gasteiger partial charge in [-0.25, -0.2) is 9.69 Å². The number of nitrogens with zero attached hydrogens (tertiary/aromatic N) is 1. The fourth-order valence-electron chi connectivity index (χ4n) is 4.34. The van der Waals surface area contributed by atoms with Crippen molar-refractivity contribution in [2.45, 2.75) is 13.8 Å². The number of amides is 3. The topological polar surface area (TPSA) is 110 Å². The Kier molecular flexibility index (Phi) is 7.63. The molecule has 9 heteroatoms. The maximum Gasteiger partial charge on any atom is 0.338 e. The van der Waals surface area contributed by atoms with Crippen molar-refractivity contribution < 1.29 is 28.7 Å². The molecule has 0 saturated heterocycles. The Labute approximate surface area is 244 Å². The minimum absolute atomic E-state index is 0.0363. The van der Waals surface area contributed by atoms with E-state index in [-0.39, 0.29) is 34.1 Å². The second-order valence-electron chi connectivity index (χ2n) is 9.52. The number of imide groups is 1. The molecule has 0 aromatic heterocycles. The van der Waals surface area contributed by atoms with Crippen molar-refractivity contribution in [2.24, 2.45) is 0 Å². The standard InChI is InChI=1S/C32H23BrN2O6/c1-18-6-7-21(14-19(18)2)28(36)17-41-32(40)22-10-13-26-27(15-22)31(39)35(30(26)38)25-5-3-4-24(16-25)34-29(37)20-8-11-23(33)12-9-20/h3-16H,17H2,1-2H3,(H,34,37). The Morgan fingerprint density at radius 3 is 2.17 bits per heavy atom. The van der Waals surface area contributed by atoms with Gasteiger partial charge in [0.2, 0.25) is 0 Å². The molecule has 0 atom stereocenters. The zero-order valence-electron chi connectivity index (χ0n) is 22.1. The van der Waals surface area contributed by atoms with Crippen molar-refractivity contribution in [3.05, 3.63) is 128 Å². The van der Waals surface area contributed by atoms with Crippen molar-refractivity contribution in [3.8, 4) is 0 Å². The number of Topliss-reactive ketones (excluding diaryl/α,β-unsaturated/α-hetero) is 1. The van der Waals surface area contributed by atoms with Crippen molar-refractivity contribution in [1.82, 2.24) is 0 Å². The first-order chi connectivity index (χ1) is 19.6. The monoisotopic (exact) mass is 610 g/mol. The molecular formula is C32H23BrN2O6. The molecule has 41 heavy (non-hydrogen) atoms. The van der Waals surface area contributed by atoms with E-state index in [2.05, 4.69) is 21.2 Å². The highest BCUT2D eigenvalue weighted by atomic mass is 79.9. The quantitative estimate of drug-likeness (QED) is 0.152. The van der Waals surface area contributed by atoms with Gasteiger partial charge in [-0.2, -0.15) is 0 Å². The molecule has 3 amide bonds. The molecule has 0 bridgehead atoms. The van der Waals surface area contributed by atoms with Crippen LogP contribution in [0.5, 0.6) is 0 Å². The average Bonchev–Trinajstić information content (AvgIpc) is 3.22. The molecule has 4 aromatic rings. The molecule has 8 nitrogen and oxygen atoms in total. The molecule has 0 spiro atoms. The van der Waals surface area contributed by atoms with E-state index < -0.39 is 24.4 Å². The van der Waals surface area contributed by atoms with Gasteiger partial charge in [-0.1, -0.05) is 34.1 Å². The number of rotatable bonds is 7. The van der Waals surface area contributed by atoms with Gasteiger partial charge in [-0.3, -0.25) is 19.2 Å². The average molecular weight is 611 g/mol. The van der Waals surface area contributed by atoms with E-state index in [0.29, 0.717) is 16.8 Å². The van der Waals surface area contributed by atoms with Crippen molar-refractivity contribution >= 4 is 56.8 Å². The summed E-state index contributed by atoms with van der Waals surface area (Å²) >= 11 is 3.33. The fourth-order valence-corrected chi connectivity index (χ4v) is 4.61. The lowest BCUT2D eigenvalue weighted by molar-refractivity contribution is 0.0474. The predicted molar refractivity (Wildman–Crippen MR) is 157 cm³/mol. The summed E-state index contributed by atoms with van der Waals surface area (Å²) in [4.78, 5) is 65.3. The van der Waals surface area contributed by atoms with E-state index in [0.717, 1.165) is 20.5 Å². The van der Waals surface area contributed by atoms with E-state index in [1.165, 1.54) is 24.3 Å². The van der Waals surface area contributed by atoms with Gasteiger partial charge in [0.1, 0.15) is 0 Å². The number of hydrogen-bond acceptors (Lipinski definition) is 6. The van der Waals surface area contributed by atoms with Crippen LogP contribution < -0.4 is 10.2 Å². The smallest absolute Gasteiger partial charge is 0.338 e. The number of nitrogens with one attached hydrogen (secondary N) is 1. The summed E-state index contributed by atoms with van der Waals surface area (Å²) < 4.78 is 6.04. The van der Waals surface area contributed by atoms with E-state index in [1.54, 1.807) is 54.6 Å². The number of fused-ring (bicyclic) bond motifs is 1. The molecule has 0 radical (unpaired) electrons. The zero-order valence-corrected chi connectivity index (χ0v) is 23.7. The van der Waals surface area contributed by atoms with Crippen LogP contribution in [0.25, 0.3) is 0 Å². The first kappa shape index (κ1) is 27.7. The summed E-state index contributed by atoms with van der Waals surface area (Å²) in [6, 6.07) is 22.5. The number of benzene rings is 4. The Bertz CT molecular complexity index is 1750. The third-order valence-corrected chi connectivity index (χ3v) is 7.28. The highest BCUT2D eigenvalue weighted by Gasteiger charge is 2.37. The lowest BCUT2D eigenvalue weighted by Gasteiger charge is -2.15. The van der Waals surface area contributed by atoms with E-state index in [9.17, 15) is 24.0 Å². The number of ether oxygens (including phenoxy) is 1. The van der Waals surface area contributed by atoms with Crippen molar-refractivity contribution in [2.75, 3.05) is 16.8 Å². The van der Waals surface area contributed by atoms with E-state index in [4.69, 9.17) is 4.74 Å². The van der Waals surface area contributed by atoms with Crippen LogP contribution >= 0.6 is 15.9 Å². The Morgan fingerprint density at radius 2 is 1.44 bits per heavy atom. The van der Waals surface area contributed by atoms with Gasteiger partial charge < -0.3 is 10.1 Å². The maximum atomic E-state index is 13.3. The zero-order chi connectivity index (χ0) is 29.3. The summed E-state index contributed by atoms with van der Waals surface area (Å²) in [6.45, 7) is 3.36. The third-order valence-electron chi connectivity index (χ3n) is 6.75. The van der Waals surface area contributed by atoms with Crippen molar-refractivity contribution in [1.29, 1.82) is 0 Å². The summed E-state index contributed by atoms with van der Waals surface area (Å²) in [5.74, 6) is -2.68. The van der Waals surface area contributed by atoms with Crippen LogP contribution in [0, 0.1) is 13.8 Å². The van der Waals surface area contributed by atoms with Gasteiger partial charge in [0.15, 0.2) is 12.4 Å². The first-order valence-corrected chi connectivity index (χ1v) is 13.4. The minimum Gasteiger partial charge on any atom is -0.454 e. The maximum absolute atomic E-state index is 13.3. The van der Waals surface area contributed by atoms with Gasteiger partial charge in [0.25, 0.3) is 17.7 Å². The van der Waals surface area contributed by atoms with Crippen molar-refractivity contribution in [3.63, 3.8) is 0 Å². The molecule has 0 fully saturated rings. The molecule has 0 unspecified atom stereocenters. The molecule has 0 saturated carbocycles. The van der Waals surface area contributed by atoms with Gasteiger partial charge in [0.05, 0.1) is 22.4 Å². The molecule has 1 heterocycles. The molecule has 1 aliphatic rings. The van der Waals surface area contributed by atoms with Crippen LogP contribution in [0.15, 0.2) is 89.4 Å². The number of carbonyl (C=O) groups excluding carboxylic acids is 5. The molecule has 1 aliphatic heterocycles. The molecule has 1 N–H and O–H groups in total. The molecule has 204 valence electrons. The number of hydrogen-bond donors (Lipinski definition) is 1. The Balaban J connectivity index is 1.29. The largest absolute Gasteiger partial charge is 0.454 e. The molecule has 4 aromatic carbocycles. The van der Waals surface area contributed by atoms with Gasteiger partial charge in [-0.15, -0.1) is 0 Å². The van der Waals surface area contributed by atoms with Gasteiger partial charge in [-0.05, 0) is 91.7 Å². The summed E-state index contributed by atoms with van der Waals surface area (Å²) in [7, 11) is 0. The van der Waals surface area contributed by atoms with Gasteiger partial charge in [0, 0.05) is 21.3 Å². The summed E-state index contributed by atoms with van der Waals surface area (Å²) in [6.07, 6.45) is 0. The fraction of sp³-hybridized carbons (Fsp3) is 0.0938. The lowest BCUT2D eigenvalue weighted by atomic mass is 10.0. The number of esters is 1. The number of ketones is 1. The Hall–Kier alpha value is -4.89. The minimum atomic E-state index is -0.790. The SMILES string of the molecule is Cc1ccc(C(=O)COC(=O)c2ccc3c(c2)C(=O)N(c2cccc(NC(=O)c4ccc(Br)cc4)c2)C3=O)cc1C. The van der Waals surface area contributed by atoms with Crippen LogP contribution in [-0.4, -0.2) is 36.1 Å². The number of aryl methyl sites for hydroxylation is 2. The van der Waals surface area contributed by atoms with Crippen LogP contribution in [0.4, 0.5) is 11.4 Å². The van der Waals surface area contributed by atoms with Crippen LogP contribution in [0.1, 0.15) is 62.9 Å². The summed E-state index contributed by atoms with van der Waals surface area (Å²) in [5.41, 5.74) is 3.72. The van der Waals surface area contributed by atoms with Crippen LogP contribution in [0.2, 0.25) is 0 Å². The second-order valence-corrected chi connectivity index (χ2v) is 10.4.